The quantitative estimate of drug-likeness (QED) is 0.777. The number of fused-ring (bicyclic) bond motifs is 3. The van der Waals surface area contributed by atoms with Crippen LogP contribution in [0.25, 0.3) is 11.0 Å². The van der Waals surface area contributed by atoms with Crippen LogP contribution in [0.2, 0.25) is 0 Å². The van der Waals surface area contributed by atoms with Gasteiger partial charge in [0.2, 0.25) is 9.84 Å². The molecule has 0 radical (unpaired) electrons. The summed E-state index contributed by atoms with van der Waals surface area (Å²) in [6.07, 6.45) is 0.807. The number of rotatable bonds is 2. The van der Waals surface area contributed by atoms with Crippen LogP contribution in [-0.2, 0) is 22.8 Å². The molecule has 2 aromatic carbocycles. The van der Waals surface area contributed by atoms with Crippen LogP contribution in [0.5, 0.6) is 0 Å². The number of hydrogen-bond donors (Lipinski definition) is 1. The molecule has 120 valence electrons. The lowest BCUT2D eigenvalue weighted by Gasteiger charge is -2.11. The van der Waals surface area contributed by atoms with Gasteiger partial charge in [-0.1, -0.05) is 0 Å². The van der Waals surface area contributed by atoms with E-state index in [-0.39, 0.29) is 9.79 Å². The molecule has 6 heteroatoms. The number of benzene rings is 2. The molecular formula is C18H14N2O3S. The van der Waals surface area contributed by atoms with Crippen LogP contribution in [0.4, 0.5) is 0 Å². The van der Waals surface area contributed by atoms with Gasteiger partial charge < -0.3 is 9.73 Å². The average Bonchev–Trinajstić information content (AvgIpc) is 2.99. The highest BCUT2D eigenvalue weighted by Gasteiger charge is 2.22. The first kappa shape index (κ1) is 14.9. The van der Waals surface area contributed by atoms with E-state index in [2.05, 4.69) is 5.32 Å². The summed E-state index contributed by atoms with van der Waals surface area (Å²) in [6.45, 7) is 1.55. The Morgan fingerprint density at radius 1 is 1.08 bits per heavy atom. The maximum atomic E-state index is 12.8. The predicted molar refractivity (Wildman–Crippen MR) is 88.2 cm³/mol. The summed E-state index contributed by atoms with van der Waals surface area (Å²) in [6, 6.07) is 12.9. The standard InChI is InChI=1S/C18H14N2O3S/c19-10-12-1-3-13(4-2-12)24(21,22)14-5-6-17-15(9-14)16-11-20-8-7-18(16)23-17/h1-6,9,20H,7-8,11H2. The van der Waals surface area contributed by atoms with Crippen LogP contribution >= 0.6 is 0 Å². The fourth-order valence-corrected chi connectivity index (χ4v) is 4.29. The van der Waals surface area contributed by atoms with Crippen molar-refractivity contribution in [2.45, 2.75) is 22.8 Å². The normalized spacial score (nSPS) is 14.3. The highest BCUT2D eigenvalue weighted by molar-refractivity contribution is 7.91. The number of nitrogens with one attached hydrogen (secondary N) is 1. The largest absolute Gasteiger partial charge is 0.461 e. The molecule has 0 atom stereocenters. The first-order chi connectivity index (χ1) is 11.6. The third kappa shape index (κ3) is 2.30. The Morgan fingerprint density at radius 3 is 2.58 bits per heavy atom. The van der Waals surface area contributed by atoms with E-state index in [1.165, 1.54) is 24.3 Å². The zero-order valence-corrected chi connectivity index (χ0v) is 13.6. The lowest BCUT2D eigenvalue weighted by Crippen LogP contribution is -2.22. The maximum absolute atomic E-state index is 12.8. The van der Waals surface area contributed by atoms with Crippen molar-refractivity contribution >= 4 is 20.8 Å². The molecule has 1 aliphatic heterocycles. The molecule has 0 fully saturated rings. The number of nitrogens with zero attached hydrogens (tertiary/aromatic N) is 1. The smallest absolute Gasteiger partial charge is 0.206 e. The molecule has 0 aliphatic carbocycles. The molecule has 0 unspecified atom stereocenters. The second-order valence-corrected chi connectivity index (χ2v) is 7.68. The van der Waals surface area contributed by atoms with Gasteiger partial charge in [0.25, 0.3) is 0 Å². The molecule has 1 N–H and O–H groups in total. The number of furan rings is 1. The van der Waals surface area contributed by atoms with Crippen molar-refractivity contribution < 1.29 is 12.8 Å². The second kappa shape index (κ2) is 5.48. The lowest BCUT2D eigenvalue weighted by molar-refractivity contribution is 0.500. The van der Waals surface area contributed by atoms with Crippen molar-refractivity contribution in [3.63, 3.8) is 0 Å². The van der Waals surface area contributed by atoms with Gasteiger partial charge in [0.15, 0.2) is 0 Å². The van der Waals surface area contributed by atoms with E-state index in [1.807, 2.05) is 6.07 Å². The van der Waals surface area contributed by atoms with Gasteiger partial charge in [0.1, 0.15) is 11.3 Å². The monoisotopic (exact) mass is 338 g/mol. The molecule has 0 bridgehead atoms. The summed E-state index contributed by atoms with van der Waals surface area (Å²) in [5, 5.41) is 13.0. The molecule has 2 heterocycles. The first-order valence-electron chi connectivity index (χ1n) is 7.60. The summed E-state index contributed by atoms with van der Waals surface area (Å²) < 4.78 is 31.5. The van der Waals surface area contributed by atoms with Crippen LogP contribution < -0.4 is 5.32 Å². The van der Waals surface area contributed by atoms with E-state index in [1.54, 1.807) is 18.2 Å². The van der Waals surface area contributed by atoms with Gasteiger partial charge >= 0.3 is 0 Å². The van der Waals surface area contributed by atoms with Crippen molar-refractivity contribution in [2.75, 3.05) is 6.54 Å². The Hall–Kier alpha value is -2.62. The van der Waals surface area contributed by atoms with Gasteiger partial charge in [0, 0.05) is 30.5 Å². The SMILES string of the molecule is N#Cc1ccc(S(=O)(=O)c2ccc3oc4c(c3c2)CNCC4)cc1. The summed E-state index contributed by atoms with van der Waals surface area (Å²) in [5.41, 5.74) is 2.18. The molecule has 3 aromatic rings. The summed E-state index contributed by atoms with van der Waals surface area (Å²) >= 11 is 0. The highest BCUT2D eigenvalue weighted by atomic mass is 32.2. The van der Waals surface area contributed by atoms with Crippen molar-refractivity contribution in [1.82, 2.24) is 5.32 Å². The third-order valence-electron chi connectivity index (χ3n) is 4.28. The van der Waals surface area contributed by atoms with Gasteiger partial charge in [-0.2, -0.15) is 5.26 Å². The predicted octanol–water partition coefficient (Wildman–Crippen LogP) is 2.78. The number of nitriles is 1. The Balaban J connectivity index is 1.84. The fourth-order valence-electron chi connectivity index (χ4n) is 3.00. The molecule has 5 nitrogen and oxygen atoms in total. The third-order valence-corrected chi connectivity index (χ3v) is 6.05. The number of hydrogen-bond acceptors (Lipinski definition) is 5. The zero-order chi connectivity index (χ0) is 16.7. The summed E-state index contributed by atoms with van der Waals surface area (Å²) in [5.74, 6) is 0.927. The summed E-state index contributed by atoms with van der Waals surface area (Å²) in [4.78, 5) is 0.408. The molecule has 0 spiro atoms. The maximum Gasteiger partial charge on any atom is 0.206 e. The molecule has 0 amide bonds. The highest BCUT2D eigenvalue weighted by Crippen LogP contribution is 2.31. The molecule has 24 heavy (non-hydrogen) atoms. The van der Waals surface area contributed by atoms with E-state index >= 15 is 0 Å². The fraction of sp³-hybridized carbons (Fsp3) is 0.167. The van der Waals surface area contributed by atoms with Crippen LogP contribution in [0, 0.1) is 11.3 Å². The van der Waals surface area contributed by atoms with E-state index in [0.29, 0.717) is 17.7 Å². The number of sulfone groups is 1. The topological polar surface area (TPSA) is 83.1 Å². The Bertz CT molecular complexity index is 1070. The van der Waals surface area contributed by atoms with Crippen LogP contribution in [0.3, 0.4) is 0 Å². The molecule has 0 saturated carbocycles. The van der Waals surface area contributed by atoms with E-state index < -0.39 is 9.84 Å². The van der Waals surface area contributed by atoms with Gasteiger partial charge in [-0.25, -0.2) is 8.42 Å². The van der Waals surface area contributed by atoms with Gasteiger partial charge in [-0.3, -0.25) is 0 Å². The minimum atomic E-state index is -3.63. The minimum Gasteiger partial charge on any atom is -0.461 e. The van der Waals surface area contributed by atoms with Crippen molar-refractivity contribution in [1.29, 1.82) is 5.26 Å². The van der Waals surface area contributed by atoms with E-state index in [4.69, 9.17) is 9.68 Å². The zero-order valence-electron chi connectivity index (χ0n) is 12.7. The van der Waals surface area contributed by atoms with Crippen LogP contribution in [-0.4, -0.2) is 15.0 Å². The van der Waals surface area contributed by atoms with Gasteiger partial charge in [0.05, 0.1) is 21.4 Å². The lowest BCUT2D eigenvalue weighted by atomic mass is 10.1. The van der Waals surface area contributed by atoms with Crippen LogP contribution in [0.1, 0.15) is 16.9 Å². The molecule has 4 rings (SSSR count). The van der Waals surface area contributed by atoms with Crippen molar-refractivity contribution in [2.24, 2.45) is 0 Å². The first-order valence-corrected chi connectivity index (χ1v) is 9.08. The minimum absolute atomic E-state index is 0.177. The van der Waals surface area contributed by atoms with Crippen LogP contribution in [0.15, 0.2) is 56.7 Å². The Labute approximate surface area is 139 Å². The van der Waals surface area contributed by atoms with E-state index in [0.717, 1.165) is 29.7 Å². The second-order valence-electron chi connectivity index (χ2n) is 5.73. The van der Waals surface area contributed by atoms with Gasteiger partial charge in [-0.05, 0) is 42.5 Å². The average molecular weight is 338 g/mol. The van der Waals surface area contributed by atoms with Crippen molar-refractivity contribution in [3.8, 4) is 6.07 Å². The molecule has 1 aliphatic rings. The van der Waals surface area contributed by atoms with E-state index in [9.17, 15) is 8.42 Å². The van der Waals surface area contributed by atoms with Crippen molar-refractivity contribution in [3.05, 3.63) is 59.4 Å². The molecule has 1 aromatic heterocycles. The molecular weight excluding hydrogens is 324 g/mol. The molecule has 0 saturated heterocycles. The Kier molecular flexibility index (Phi) is 3.41. The van der Waals surface area contributed by atoms with Gasteiger partial charge in [-0.15, -0.1) is 0 Å². The Morgan fingerprint density at radius 2 is 1.83 bits per heavy atom. The summed E-state index contributed by atoms with van der Waals surface area (Å²) in [7, 11) is -3.63.